The SMILES string of the molecule is NC(=O)c1ccsc1NC(=O)CSC1=NCCS1. The molecule has 0 saturated carbocycles. The van der Waals surface area contributed by atoms with Gasteiger partial charge < -0.3 is 11.1 Å². The number of primary amides is 1. The summed E-state index contributed by atoms with van der Waals surface area (Å²) in [6.07, 6.45) is 0. The summed E-state index contributed by atoms with van der Waals surface area (Å²) in [6.45, 7) is 0.825. The minimum absolute atomic E-state index is 0.153. The number of rotatable bonds is 4. The number of nitrogens with two attached hydrogens (primary N) is 1. The fourth-order valence-corrected chi connectivity index (χ4v) is 3.91. The van der Waals surface area contributed by atoms with E-state index < -0.39 is 5.91 Å². The maximum absolute atomic E-state index is 11.7. The maximum atomic E-state index is 11.7. The van der Waals surface area contributed by atoms with Crippen molar-refractivity contribution >= 4 is 56.1 Å². The van der Waals surface area contributed by atoms with Crippen LogP contribution >= 0.6 is 34.9 Å². The summed E-state index contributed by atoms with van der Waals surface area (Å²) in [7, 11) is 0. The number of carbonyl (C=O) groups is 2. The quantitative estimate of drug-likeness (QED) is 0.885. The van der Waals surface area contributed by atoms with Crippen molar-refractivity contribution in [2.45, 2.75) is 0 Å². The molecule has 1 aromatic heterocycles. The van der Waals surface area contributed by atoms with Gasteiger partial charge in [-0.25, -0.2) is 0 Å². The van der Waals surface area contributed by atoms with Gasteiger partial charge in [-0.2, -0.15) is 0 Å². The summed E-state index contributed by atoms with van der Waals surface area (Å²) in [5.41, 5.74) is 5.55. The molecule has 3 N–H and O–H groups in total. The minimum atomic E-state index is -0.532. The molecule has 0 atom stereocenters. The number of aliphatic imine (C=N–C) groups is 1. The number of thiophene rings is 1. The molecule has 0 radical (unpaired) electrons. The van der Waals surface area contributed by atoms with Crippen molar-refractivity contribution in [3.05, 3.63) is 17.0 Å². The highest BCUT2D eigenvalue weighted by Crippen LogP contribution is 2.24. The largest absolute Gasteiger partial charge is 0.366 e. The average Bonchev–Trinajstić information content (AvgIpc) is 2.96. The lowest BCUT2D eigenvalue weighted by Gasteiger charge is -2.04. The van der Waals surface area contributed by atoms with Gasteiger partial charge in [0.2, 0.25) is 5.91 Å². The first-order valence-corrected chi connectivity index (χ1v) is 7.99. The van der Waals surface area contributed by atoms with Crippen LogP contribution in [-0.4, -0.2) is 34.2 Å². The van der Waals surface area contributed by atoms with Crippen LogP contribution in [0.2, 0.25) is 0 Å². The summed E-state index contributed by atoms with van der Waals surface area (Å²) in [4.78, 5) is 27.0. The molecule has 1 aliphatic heterocycles. The second kappa shape index (κ2) is 6.26. The molecule has 0 fully saturated rings. The van der Waals surface area contributed by atoms with Crippen LogP contribution in [0.3, 0.4) is 0 Å². The van der Waals surface area contributed by atoms with Gasteiger partial charge in [0.1, 0.15) is 9.38 Å². The Labute approximate surface area is 117 Å². The number of nitrogens with zero attached hydrogens (tertiary/aromatic N) is 1. The van der Waals surface area contributed by atoms with E-state index in [2.05, 4.69) is 10.3 Å². The van der Waals surface area contributed by atoms with Crippen LogP contribution in [-0.2, 0) is 4.79 Å². The molecular formula is C10H11N3O2S3. The third-order valence-electron chi connectivity index (χ3n) is 2.07. The molecule has 5 nitrogen and oxygen atoms in total. The molecule has 0 unspecified atom stereocenters. The normalized spacial score (nSPS) is 14.3. The third-order valence-corrected chi connectivity index (χ3v) is 5.15. The smallest absolute Gasteiger partial charge is 0.251 e. The molecule has 2 heterocycles. The molecule has 18 heavy (non-hydrogen) atoms. The summed E-state index contributed by atoms with van der Waals surface area (Å²) in [5.74, 6) is 0.595. The molecule has 0 aliphatic carbocycles. The first kappa shape index (κ1) is 13.4. The Morgan fingerprint density at radius 1 is 1.56 bits per heavy atom. The number of thioether (sulfide) groups is 2. The number of anilines is 1. The number of carbonyl (C=O) groups excluding carboxylic acids is 2. The fourth-order valence-electron chi connectivity index (χ4n) is 1.29. The highest BCUT2D eigenvalue weighted by atomic mass is 32.2. The Hall–Kier alpha value is -0.990. The first-order valence-electron chi connectivity index (χ1n) is 5.14. The van der Waals surface area contributed by atoms with Gasteiger partial charge in [-0.15, -0.1) is 11.3 Å². The van der Waals surface area contributed by atoms with Crippen molar-refractivity contribution in [2.24, 2.45) is 10.7 Å². The van der Waals surface area contributed by atoms with E-state index in [4.69, 9.17) is 5.73 Å². The predicted octanol–water partition coefficient (Wildman–Crippen LogP) is 1.62. The van der Waals surface area contributed by atoms with Gasteiger partial charge in [-0.1, -0.05) is 23.5 Å². The maximum Gasteiger partial charge on any atom is 0.251 e. The Bertz CT molecular complexity index is 498. The lowest BCUT2D eigenvalue weighted by molar-refractivity contribution is -0.113. The van der Waals surface area contributed by atoms with E-state index in [0.717, 1.165) is 16.7 Å². The van der Waals surface area contributed by atoms with Crippen LogP contribution in [0.5, 0.6) is 0 Å². The Morgan fingerprint density at radius 3 is 3.06 bits per heavy atom. The second-order valence-corrected chi connectivity index (χ2v) is 6.58. The number of hydrogen-bond acceptors (Lipinski definition) is 6. The zero-order chi connectivity index (χ0) is 13.0. The van der Waals surface area contributed by atoms with Crippen LogP contribution in [0.4, 0.5) is 5.00 Å². The fraction of sp³-hybridized carbons (Fsp3) is 0.300. The van der Waals surface area contributed by atoms with Gasteiger partial charge in [-0.3, -0.25) is 14.6 Å². The van der Waals surface area contributed by atoms with E-state index in [-0.39, 0.29) is 5.91 Å². The van der Waals surface area contributed by atoms with Gasteiger partial charge in [-0.05, 0) is 11.4 Å². The Kier molecular flexibility index (Phi) is 4.67. The standard InChI is InChI=1S/C10H11N3O2S3/c11-8(15)6-1-3-16-9(6)13-7(14)5-18-10-12-2-4-17-10/h1,3H,2,4-5H2,(H2,11,15)(H,13,14). The van der Waals surface area contributed by atoms with Gasteiger partial charge in [0.05, 0.1) is 17.9 Å². The zero-order valence-corrected chi connectivity index (χ0v) is 11.8. The molecule has 0 aromatic carbocycles. The number of amides is 2. The van der Waals surface area contributed by atoms with Crippen molar-refractivity contribution in [2.75, 3.05) is 23.4 Å². The Balaban J connectivity index is 1.86. The summed E-state index contributed by atoms with van der Waals surface area (Å²) >= 11 is 4.37. The zero-order valence-electron chi connectivity index (χ0n) is 9.34. The summed E-state index contributed by atoms with van der Waals surface area (Å²) in [5, 5.41) is 4.92. The highest BCUT2D eigenvalue weighted by Gasteiger charge is 2.14. The van der Waals surface area contributed by atoms with Crippen molar-refractivity contribution in [1.29, 1.82) is 0 Å². The van der Waals surface area contributed by atoms with Gasteiger partial charge >= 0.3 is 0 Å². The van der Waals surface area contributed by atoms with E-state index in [1.54, 1.807) is 23.2 Å². The molecule has 1 aromatic rings. The van der Waals surface area contributed by atoms with Crippen LogP contribution in [0.15, 0.2) is 16.4 Å². The van der Waals surface area contributed by atoms with Crippen LogP contribution < -0.4 is 11.1 Å². The van der Waals surface area contributed by atoms with Crippen molar-refractivity contribution in [3.8, 4) is 0 Å². The van der Waals surface area contributed by atoms with Crippen LogP contribution in [0.1, 0.15) is 10.4 Å². The lowest BCUT2D eigenvalue weighted by atomic mass is 10.3. The van der Waals surface area contributed by atoms with E-state index in [0.29, 0.717) is 16.3 Å². The second-order valence-electron chi connectivity index (χ2n) is 3.36. The van der Waals surface area contributed by atoms with Crippen LogP contribution in [0, 0.1) is 0 Å². The number of nitrogens with one attached hydrogen (secondary N) is 1. The van der Waals surface area contributed by atoms with E-state index in [9.17, 15) is 9.59 Å². The van der Waals surface area contributed by atoms with Gasteiger partial charge in [0.25, 0.3) is 5.91 Å². The molecule has 1 aliphatic rings. The Morgan fingerprint density at radius 2 is 2.39 bits per heavy atom. The average molecular weight is 301 g/mol. The van der Waals surface area contributed by atoms with Crippen molar-refractivity contribution < 1.29 is 9.59 Å². The molecule has 2 rings (SSSR count). The van der Waals surface area contributed by atoms with E-state index in [1.165, 1.54) is 23.1 Å². The summed E-state index contributed by atoms with van der Waals surface area (Å²) < 4.78 is 0.950. The molecule has 8 heteroatoms. The minimum Gasteiger partial charge on any atom is -0.366 e. The molecule has 2 amide bonds. The molecule has 0 saturated heterocycles. The van der Waals surface area contributed by atoms with Crippen molar-refractivity contribution in [3.63, 3.8) is 0 Å². The van der Waals surface area contributed by atoms with Crippen LogP contribution in [0.25, 0.3) is 0 Å². The monoisotopic (exact) mass is 301 g/mol. The topological polar surface area (TPSA) is 84.5 Å². The molecule has 0 spiro atoms. The molecule has 0 bridgehead atoms. The molecule has 96 valence electrons. The summed E-state index contributed by atoms with van der Waals surface area (Å²) in [6, 6.07) is 1.60. The predicted molar refractivity (Wildman–Crippen MR) is 78.7 cm³/mol. The van der Waals surface area contributed by atoms with Gasteiger partial charge in [0, 0.05) is 5.75 Å². The lowest BCUT2D eigenvalue weighted by Crippen LogP contribution is -2.18. The highest BCUT2D eigenvalue weighted by molar-refractivity contribution is 8.39. The molecular weight excluding hydrogens is 290 g/mol. The van der Waals surface area contributed by atoms with E-state index >= 15 is 0 Å². The number of hydrogen-bond donors (Lipinski definition) is 2. The van der Waals surface area contributed by atoms with E-state index in [1.807, 2.05) is 0 Å². The third kappa shape index (κ3) is 3.50. The van der Waals surface area contributed by atoms with Gasteiger partial charge in [0.15, 0.2) is 0 Å². The van der Waals surface area contributed by atoms with Crippen molar-refractivity contribution in [1.82, 2.24) is 0 Å². The first-order chi connectivity index (χ1) is 8.66.